The van der Waals surface area contributed by atoms with Gasteiger partial charge in [0.25, 0.3) is 9.05 Å². The minimum Gasteiger partial charge on any atom is -0.495 e. The molecule has 0 aliphatic heterocycles. The molecule has 2 rings (SSSR count). The summed E-state index contributed by atoms with van der Waals surface area (Å²) in [6.45, 7) is 0. The minimum absolute atomic E-state index is 0.113. The first-order valence-corrected chi connectivity index (χ1v) is 8.63. The van der Waals surface area contributed by atoms with Crippen LogP contribution in [-0.4, -0.2) is 21.4 Å². The number of amides is 1. The van der Waals surface area contributed by atoms with Crippen LogP contribution in [0.3, 0.4) is 0 Å². The van der Waals surface area contributed by atoms with E-state index in [9.17, 15) is 13.2 Å². The summed E-state index contributed by atoms with van der Waals surface area (Å²) in [7, 11) is 2.78. The zero-order valence-electron chi connectivity index (χ0n) is 11.1. The Balaban J connectivity index is 2.14. The lowest BCUT2D eigenvalue weighted by molar-refractivity contribution is -0.117. The number of methoxy groups -OCH3 is 1. The Hall–Kier alpha value is -1.27. The molecule has 1 aromatic rings. The predicted molar refractivity (Wildman–Crippen MR) is 76.6 cm³/mol. The molecule has 0 saturated heterocycles. The summed E-state index contributed by atoms with van der Waals surface area (Å²) in [4.78, 5) is 11.7. The summed E-state index contributed by atoms with van der Waals surface area (Å²) in [5.41, 5.74) is 0.398. The number of nitrogens with one attached hydrogen (secondary N) is 1. The minimum atomic E-state index is -3.92. The van der Waals surface area contributed by atoms with Gasteiger partial charge in [-0.15, -0.1) is 0 Å². The van der Waals surface area contributed by atoms with Gasteiger partial charge in [0, 0.05) is 22.8 Å². The van der Waals surface area contributed by atoms with Crippen molar-refractivity contribution >= 4 is 31.3 Å². The molecule has 0 atom stereocenters. The molecule has 7 heteroatoms. The smallest absolute Gasteiger partial charge is 0.265 e. The van der Waals surface area contributed by atoms with Gasteiger partial charge in [0.1, 0.15) is 10.6 Å². The van der Waals surface area contributed by atoms with Crippen LogP contribution < -0.4 is 10.1 Å². The Labute approximate surface area is 122 Å². The fraction of sp³-hybridized carbons (Fsp3) is 0.462. The van der Waals surface area contributed by atoms with Crippen molar-refractivity contribution in [3.8, 4) is 5.75 Å². The van der Waals surface area contributed by atoms with E-state index in [-0.39, 0.29) is 16.6 Å². The standard InChI is InChI=1S/C13H16ClNO4S/c1-19-11-6-5-10(8-12(11)20(14,17)18)15-13(16)7-9-3-2-4-9/h5-6,8-9H,2-4,7H2,1H3,(H,15,16). The summed E-state index contributed by atoms with van der Waals surface area (Å²) >= 11 is 0. The van der Waals surface area contributed by atoms with Crippen molar-refractivity contribution in [2.75, 3.05) is 12.4 Å². The van der Waals surface area contributed by atoms with E-state index in [2.05, 4.69) is 5.32 Å². The summed E-state index contributed by atoms with van der Waals surface area (Å²) in [6.07, 6.45) is 3.80. The Morgan fingerprint density at radius 1 is 1.45 bits per heavy atom. The largest absolute Gasteiger partial charge is 0.495 e. The Morgan fingerprint density at radius 3 is 2.65 bits per heavy atom. The van der Waals surface area contributed by atoms with Gasteiger partial charge in [-0.25, -0.2) is 8.42 Å². The number of ether oxygens (including phenoxy) is 1. The van der Waals surface area contributed by atoms with Crippen LogP contribution in [0.15, 0.2) is 23.1 Å². The molecule has 1 aliphatic carbocycles. The number of halogens is 1. The van der Waals surface area contributed by atoms with Crippen LogP contribution in [0.2, 0.25) is 0 Å². The van der Waals surface area contributed by atoms with Crippen LogP contribution >= 0.6 is 10.7 Å². The number of hydrogen-bond donors (Lipinski definition) is 1. The fourth-order valence-corrected chi connectivity index (χ4v) is 3.14. The van der Waals surface area contributed by atoms with E-state index < -0.39 is 9.05 Å². The topological polar surface area (TPSA) is 72.5 Å². The molecule has 1 aromatic carbocycles. The van der Waals surface area contributed by atoms with Crippen LogP contribution in [0.25, 0.3) is 0 Å². The maximum Gasteiger partial charge on any atom is 0.265 e. The summed E-state index contributed by atoms with van der Waals surface area (Å²) < 4.78 is 27.9. The van der Waals surface area contributed by atoms with Crippen LogP contribution in [0.5, 0.6) is 5.75 Å². The number of carbonyl (C=O) groups is 1. The zero-order valence-corrected chi connectivity index (χ0v) is 12.6. The first kappa shape index (κ1) is 15.1. The van der Waals surface area contributed by atoms with Crippen LogP contribution in [-0.2, 0) is 13.8 Å². The van der Waals surface area contributed by atoms with Gasteiger partial charge in [-0.1, -0.05) is 6.42 Å². The van der Waals surface area contributed by atoms with Crippen molar-refractivity contribution in [2.45, 2.75) is 30.6 Å². The van der Waals surface area contributed by atoms with Crippen LogP contribution in [0.4, 0.5) is 5.69 Å². The van der Waals surface area contributed by atoms with Crippen LogP contribution in [0.1, 0.15) is 25.7 Å². The molecular formula is C13H16ClNO4S. The van der Waals surface area contributed by atoms with Crippen molar-refractivity contribution in [1.29, 1.82) is 0 Å². The number of carbonyl (C=O) groups excluding carboxylic acids is 1. The lowest BCUT2D eigenvalue weighted by Crippen LogP contribution is -2.20. The van der Waals surface area contributed by atoms with Gasteiger partial charge in [0.05, 0.1) is 7.11 Å². The van der Waals surface area contributed by atoms with Gasteiger partial charge < -0.3 is 10.1 Å². The average molecular weight is 318 g/mol. The Morgan fingerprint density at radius 2 is 2.15 bits per heavy atom. The monoisotopic (exact) mass is 317 g/mol. The van der Waals surface area contributed by atoms with Crippen molar-refractivity contribution in [3.63, 3.8) is 0 Å². The summed E-state index contributed by atoms with van der Waals surface area (Å²) in [6, 6.07) is 4.36. The predicted octanol–water partition coefficient (Wildman–Crippen LogP) is 2.75. The zero-order chi connectivity index (χ0) is 14.8. The normalized spacial score (nSPS) is 15.5. The molecule has 1 N–H and O–H groups in total. The summed E-state index contributed by atoms with van der Waals surface area (Å²) in [5, 5.41) is 2.69. The van der Waals surface area contributed by atoms with Gasteiger partial charge in [0.15, 0.2) is 0 Å². The molecule has 20 heavy (non-hydrogen) atoms. The third-order valence-electron chi connectivity index (χ3n) is 3.41. The quantitative estimate of drug-likeness (QED) is 0.848. The fourth-order valence-electron chi connectivity index (χ4n) is 2.12. The van der Waals surface area contributed by atoms with Gasteiger partial charge >= 0.3 is 0 Å². The molecule has 1 amide bonds. The molecule has 1 fully saturated rings. The molecule has 0 bridgehead atoms. The molecule has 0 spiro atoms. The van der Waals surface area contributed by atoms with Crippen LogP contribution in [0, 0.1) is 5.92 Å². The van der Waals surface area contributed by atoms with Crippen molar-refractivity contribution in [3.05, 3.63) is 18.2 Å². The second-order valence-corrected chi connectivity index (χ2v) is 7.39. The number of benzene rings is 1. The SMILES string of the molecule is COc1ccc(NC(=O)CC2CCC2)cc1S(=O)(=O)Cl. The first-order valence-electron chi connectivity index (χ1n) is 6.32. The third kappa shape index (κ3) is 3.64. The lowest BCUT2D eigenvalue weighted by atomic mass is 9.83. The molecule has 0 heterocycles. The summed E-state index contributed by atoms with van der Waals surface area (Å²) in [5.74, 6) is 0.485. The van der Waals surface area contributed by atoms with E-state index in [1.807, 2.05) is 0 Å². The molecular weight excluding hydrogens is 302 g/mol. The number of rotatable bonds is 5. The molecule has 5 nitrogen and oxygen atoms in total. The maximum atomic E-state index is 11.8. The van der Waals surface area contributed by atoms with Gasteiger partial charge in [-0.3, -0.25) is 4.79 Å². The molecule has 1 aliphatic rings. The molecule has 1 saturated carbocycles. The van der Waals surface area contributed by atoms with Gasteiger partial charge in [0.2, 0.25) is 5.91 Å². The van der Waals surface area contributed by atoms with E-state index in [0.29, 0.717) is 18.0 Å². The van der Waals surface area contributed by atoms with Gasteiger partial charge in [-0.05, 0) is 37.0 Å². The maximum absolute atomic E-state index is 11.8. The first-order chi connectivity index (χ1) is 9.40. The molecule has 0 aromatic heterocycles. The molecule has 0 radical (unpaired) electrons. The Bertz CT molecular complexity index is 611. The number of anilines is 1. The second-order valence-electron chi connectivity index (χ2n) is 4.85. The van der Waals surface area contributed by atoms with E-state index in [1.165, 1.54) is 25.7 Å². The van der Waals surface area contributed by atoms with E-state index in [4.69, 9.17) is 15.4 Å². The average Bonchev–Trinajstić information content (AvgIpc) is 2.33. The van der Waals surface area contributed by atoms with Crippen molar-refractivity contribution < 1.29 is 17.9 Å². The van der Waals surface area contributed by atoms with Crippen molar-refractivity contribution in [1.82, 2.24) is 0 Å². The Kier molecular flexibility index (Phi) is 4.55. The highest BCUT2D eigenvalue weighted by Gasteiger charge is 2.22. The second kappa shape index (κ2) is 6.01. The highest BCUT2D eigenvalue weighted by atomic mass is 35.7. The molecule has 0 unspecified atom stereocenters. The van der Waals surface area contributed by atoms with E-state index >= 15 is 0 Å². The lowest BCUT2D eigenvalue weighted by Gasteiger charge is -2.24. The van der Waals surface area contributed by atoms with E-state index in [1.54, 1.807) is 6.07 Å². The van der Waals surface area contributed by atoms with E-state index in [0.717, 1.165) is 12.8 Å². The van der Waals surface area contributed by atoms with Crippen molar-refractivity contribution in [2.24, 2.45) is 5.92 Å². The third-order valence-corrected chi connectivity index (χ3v) is 4.75. The molecule has 110 valence electrons. The number of hydrogen-bond acceptors (Lipinski definition) is 4. The highest BCUT2D eigenvalue weighted by molar-refractivity contribution is 8.13. The van der Waals surface area contributed by atoms with Gasteiger partial charge in [-0.2, -0.15) is 0 Å². The highest BCUT2D eigenvalue weighted by Crippen LogP contribution is 2.31.